The average Bonchev–Trinajstić information content (AvgIpc) is 2.08. The highest BCUT2D eigenvalue weighted by Gasteiger charge is 2.31. The van der Waals surface area contributed by atoms with Gasteiger partial charge in [0, 0.05) is 20.2 Å². The van der Waals surface area contributed by atoms with Crippen LogP contribution >= 0.6 is 0 Å². The summed E-state index contributed by atoms with van der Waals surface area (Å²) in [6.07, 6.45) is 7.35. The van der Waals surface area contributed by atoms with Gasteiger partial charge in [0.15, 0.2) is 0 Å². The van der Waals surface area contributed by atoms with E-state index in [-0.39, 0.29) is 5.97 Å². The smallest absolute Gasteiger partial charge is 0.304 e. The number of rotatable bonds is 3. The number of nitrogens with zero attached hydrogens (tertiary/aromatic N) is 1. The average molecular weight is 197 g/mol. The highest BCUT2D eigenvalue weighted by Crippen LogP contribution is 2.22. The first-order valence-corrected chi connectivity index (χ1v) is 4.40. The first-order chi connectivity index (χ1) is 6.58. The molecule has 1 heterocycles. The summed E-state index contributed by atoms with van der Waals surface area (Å²) in [7, 11) is 1.60. The summed E-state index contributed by atoms with van der Waals surface area (Å²) in [5, 5.41) is 0. The molecule has 0 fully saturated rings. The number of ether oxygens (including phenoxy) is 2. The van der Waals surface area contributed by atoms with E-state index in [1.165, 1.54) is 6.92 Å². The highest BCUT2D eigenvalue weighted by atomic mass is 16.6. The molecule has 0 bridgehead atoms. The number of carbonyl (C=O) groups excluding carboxylic acids is 1. The van der Waals surface area contributed by atoms with Gasteiger partial charge in [0.2, 0.25) is 5.72 Å². The third-order valence-electron chi connectivity index (χ3n) is 1.97. The molecule has 0 radical (unpaired) electrons. The van der Waals surface area contributed by atoms with E-state index in [2.05, 4.69) is 0 Å². The van der Waals surface area contributed by atoms with Crippen molar-refractivity contribution in [1.29, 1.82) is 0 Å². The summed E-state index contributed by atoms with van der Waals surface area (Å²) in [5.74, 6) is -0.312. The zero-order valence-electron chi connectivity index (χ0n) is 8.69. The standard InChI is InChI=1S/C10H15NO3/c1-9(12)14-10(2)6-4-5-7-11(10)8-13-3/h4-7H,8H2,1-3H3. The predicted octanol–water partition coefficient (Wildman–Crippen LogP) is 1.26. The maximum atomic E-state index is 10.9. The van der Waals surface area contributed by atoms with Crippen LogP contribution in [0.25, 0.3) is 0 Å². The fourth-order valence-electron chi connectivity index (χ4n) is 1.33. The Balaban J connectivity index is 2.76. The summed E-state index contributed by atoms with van der Waals surface area (Å²) in [5.41, 5.74) is -0.739. The van der Waals surface area contributed by atoms with Crippen molar-refractivity contribution in [2.45, 2.75) is 19.6 Å². The third-order valence-corrected chi connectivity index (χ3v) is 1.97. The lowest BCUT2D eigenvalue weighted by Gasteiger charge is -2.38. The van der Waals surface area contributed by atoms with Crippen LogP contribution < -0.4 is 0 Å². The lowest BCUT2D eigenvalue weighted by Crippen LogP contribution is -2.46. The largest absolute Gasteiger partial charge is 0.436 e. The van der Waals surface area contributed by atoms with Crippen LogP contribution in [0.15, 0.2) is 24.4 Å². The first-order valence-electron chi connectivity index (χ1n) is 4.40. The zero-order chi connectivity index (χ0) is 10.6. The number of carbonyl (C=O) groups is 1. The van der Waals surface area contributed by atoms with Crippen LogP contribution in [0.5, 0.6) is 0 Å². The highest BCUT2D eigenvalue weighted by molar-refractivity contribution is 5.66. The minimum absolute atomic E-state index is 0.312. The van der Waals surface area contributed by atoms with Gasteiger partial charge in [-0.15, -0.1) is 0 Å². The number of hydrogen-bond donors (Lipinski definition) is 0. The van der Waals surface area contributed by atoms with Gasteiger partial charge in [-0.3, -0.25) is 4.79 Å². The van der Waals surface area contributed by atoms with Gasteiger partial charge in [-0.2, -0.15) is 0 Å². The second kappa shape index (κ2) is 4.28. The molecule has 1 aliphatic rings. The van der Waals surface area contributed by atoms with E-state index in [1.54, 1.807) is 12.0 Å². The zero-order valence-corrected chi connectivity index (χ0v) is 8.69. The van der Waals surface area contributed by atoms with Crippen molar-refractivity contribution in [3.63, 3.8) is 0 Å². The molecule has 4 heteroatoms. The van der Waals surface area contributed by atoms with E-state index >= 15 is 0 Å². The third kappa shape index (κ3) is 2.35. The van der Waals surface area contributed by atoms with Crippen molar-refractivity contribution in [2.24, 2.45) is 0 Å². The molecule has 1 aliphatic heterocycles. The molecule has 0 aromatic rings. The molecule has 0 aliphatic carbocycles. The van der Waals surface area contributed by atoms with Gasteiger partial charge in [0.25, 0.3) is 0 Å². The summed E-state index contributed by atoms with van der Waals surface area (Å²) < 4.78 is 10.2. The fraction of sp³-hybridized carbons (Fsp3) is 0.500. The fourth-order valence-corrected chi connectivity index (χ4v) is 1.33. The number of hydrogen-bond acceptors (Lipinski definition) is 4. The van der Waals surface area contributed by atoms with Crippen LogP contribution in [0.4, 0.5) is 0 Å². The van der Waals surface area contributed by atoms with Gasteiger partial charge < -0.3 is 14.4 Å². The molecule has 0 N–H and O–H groups in total. The normalized spacial score (nSPS) is 25.2. The molecular formula is C10H15NO3. The van der Waals surface area contributed by atoms with Crippen LogP contribution in [0.1, 0.15) is 13.8 Å². The second-order valence-corrected chi connectivity index (χ2v) is 3.24. The molecule has 1 unspecified atom stereocenters. The first kappa shape index (κ1) is 10.8. The molecule has 1 atom stereocenters. The summed E-state index contributed by atoms with van der Waals surface area (Å²) in [4.78, 5) is 12.7. The Hall–Kier alpha value is -1.29. The summed E-state index contributed by atoms with van der Waals surface area (Å²) in [6, 6.07) is 0. The Kier molecular flexibility index (Phi) is 3.30. The monoisotopic (exact) mass is 197 g/mol. The van der Waals surface area contributed by atoms with Gasteiger partial charge in [-0.05, 0) is 19.1 Å². The van der Waals surface area contributed by atoms with E-state index in [4.69, 9.17) is 9.47 Å². The number of allylic oxidation sites excluding steroid dienone is 2. The number of esters is 1. The van der Waals surface area contributed by atoms with Crippen LogP contribution in [0.3, 0.4) is 0 Å². The van der Waals surface area contributed by atoms with Gasteiger partial charge in [0.05, 0.1) is 0 Å². The molecule has 0 spiro atoms. The molecule has 0 aromatic heterocycles. The van der Waals surface area contributed by atoms with Crippen LogP contribution in [-0.4, -0.2) is 30.4 Å². The Morgan fingerprint density at radius 2 is 2.21 bits per heavy atom. The van der Waals surface area contributed by atoms with E-state index < -0.39 is 5.72 Å². The Morgan fingerprint density at radius 1 is 1.50 bits per heavy atom. The van der Waals surface area contributed by atoms with Crippen LogP contribution in [-0.2, 0) is 14.3 Å². The van der Waals surface area contributed by atoms with Gasteiger partial charge >= 0.3 is 5.97 Å². The minimum Gasteiger partial charge on any atom is -0.436 e. The van der Waals surface area contributed by atoms with E-state index in [0.29, 0.717) is 6.73 Å². The van der Waals surface area contributed by atoms with Crippen molar-refractivity contribution >= 4 is 5.97 Å². The maximum absolute atomic E-state index is 10.9. The molecular weight excluding hydrogens is 182 g/mol. The quantitative estimate of drug-likeness (QED) is 0.638. The van der Waals surface area contributed by atoms with E-state index in [0.717, 1.165) is 0 Å². The van der Waals surface area contributed by atoms with Crippen molar-refractivity contribution < 1.29 is 14.3 Å². The van der Waals surface area contributed by atoms with Crippen molar-refractivity contribution in [3.05, 3.63) is 24.4 Å². The molecule has 0 saturated carbocycles. The summed E-state index contributed by atoms with van der Waals surface area (Å²) >= 11 is 0. The van der Waals surface area contributed by atoms with Crippen molar-refractivity contribution in [3.8, 4) is 0 Å². The lowest BCUT2D eigenvalue weighted by atomic mass is 10.1. The SMILES string of the molecule is COCN1C=CC=CC1(C)OC(C)=O. The molecule has 1 rings (SSSR count). The molecule has 0 saturated heterocycles. The van der Waals surface area contributed by atoms with Crippen LogP contribution in [0, 0.1) is 0 Å². The molecule has 78 valence electrons. The van der Waals surface area contributed by atoms with Gasteiger partial charge in [-0.25, -0.2) is 0 Å². The Bertz CT molecular complexity index is 273. The molecule has 14 heavy (non-hydrogen) atoms. The van der Waals surface area contributed by atoms with Crippen molar-refractivity contribution in [2.75, 3.05) is 13.8 Å². The maximum Gasteiger partial charge on any atom is 0.304 e. The minimum atomic E-state index is -0.739. The molecule has 0 amide bonds. The Labute approximate surface area is 83.8 Å². The number of methoxy groups -OCH3 is 1. The lowest BCUT2D eigenvalue weighted by molar-refractivity contribution is -0.169. The van der Waals surface area contributed by atoms with Gasteiger partial charge in [-0.1, -0.05) is 6.08 Å². The molecule has 4 nitrogen and oxygen atoms in total. The molecule has 0 aromatic carbocycles. The topological polar surface area (TPSA) is 38.8 Å². The van der Waals surface area contributed by atoms with Crippen molar-refractivity contribution in [1.82, 2.24) is 4.90 Å². The van der Waals surface area contributed by atoms with Crippen LogP contribution in [0.2, 0.25) is 0 Å². The van der Waals surface area contributed by atoms with E-state index in [9.17, 15) is 4.79 Å². The predicted molar refractivity (Wildman–Crippen MR) is 52.2 cm³/mol. The van der Waals surface area contributed by atoms with Gasteiger partial charge in [0.1, 0.15) is 6.73 Å². The summed E-state index contributed by atoms with van der Waals surface area (Å²) in [6.45, 7) is 3.58. The van der Waals surface area contributed by atoms with E-state index in [1.807, 2.05) is 31.4 Å². The Morgan fingerprint density at radius 3 is 2.79 bits per heavy atom. The second-order valence-electron chi connectivity index (χ2n) is 3.24.